The number of aromatic nitrogens is 4. The predicted octanol–water partition coefficient (Wildman–Crippen LogP) is 6.30. The van der Waals surface area contributed by atoms with E-state index in [2.05, 4.69) is 53.0 Å². The van der Waals surface area contributed by atoms with Crippen LogP contribution in [-0.2, 0) is 22.7 Å². The molecule has 1 unspecified atom stereocenters. The molecule has 4 aliphatic heterocycles. The predicted molar refractivity (Wildman–Crippen MR) is 208 cm³/mol. The minimum Gasteiger partial charge on any atom is -0.454 e. The Hall–Kier alpha value is -5.58. The van der Waals surface area contributed by atoms with Crippen LogP contribution in [0.3, 0.4) is 0 Å². The summed E-state index contributed by atoms with van der Waals surface area (Å²) in [4.78, 5) is 31.9. The quantitative estimate of drug-likeness (QED) is 0.153. The summed E-state index contributed by atoms with van der Waals surface area (Å²) in [5.41, 5.74) is 3.84. The number of likely N-dealkylation sites (tertiary alicyclic amines) is 2. The summed E-state index contributed by atoms with van der Waals surface area (Å²) >= 11 is 1.47. The highest BCUT2D eigenvalue weighted by atomic mass is 32.1. The maximum Gasteiger partial charge on any atom is 0.322 e. The topological polar surface area (TPSA) is 166 Å². The number of fused-ring (bicyclic) bond motifs is 2. The molecular formula is C41H42N8O7S. The second kappa shape index (κ2) is 15.4. The van der Waals surface area contributed by atoms with Crippen molar-refractivity contribution >= 4 is 34.3 Å². The molecule has 2 aromatic heterocycles. The first-order chi connectivity index (χ1) is 28.0. The minimum absolute atomic E-state index is 0.0591. The number of para-hydroxylation sites is 2. The lowest BCUT2D eigenvalue weighted by Crippen LogP contribution is -2.48. The summed E-state index contributed by atoms with van der Waals surface area (Å²) in [5.74, 6) is 3.59. The SMILES string of the molecule is O=C(Nc1nnc(-c2ccc(C3CCN(Cc4cccc5c4OCO5)[C@@H](C(=O)Nc4nnc(C5CC5)s4)C3)cc2)o1)[C@H]1CCCCN1Cc1cccc2c1OCO2. The summed E-state index contributed by atoms with van der Waals surface area (Å²) in [6.45, 7) is 3.01. The summed E-state index contributed by atoms with van der Waals surface area (Å²) in [6.07, 6.45) is 6.42. The number of hydrogen-bond acceptors (Lipinski definition) is 14. The number of carbonyl (C=O) groups is 2. The second-order valence-corrected chi connectivity index (χ2v) is 16.2. The molecule has 1 saturated carbocycles. The van der Waals surface area contributed by atoms with Gasteiger partial charge in [-0.3, -0.25) is 30.0 Å². The molecule has 57 heavy (non-hydrogen) atoms. The molecule has 3 atom stereocenters. The zero-order valence-corrected chi connectivity index (χ0v) is 32.0. The highest BCUT2D eigenvalue weighted by Crippen LogP contribution is 2.43. The van der Waals surface area contributed by atoms with Crippen LogP contribution in [0, 0.1) is 0 Å². The molecular weight excluding hydrogens is 749 g/mol. The van der Waals surface area contributed by atoms with Crippen molar-refractivity contribution in [3.8, 4) is 34.5 Å². The van der Waals surface area contributed by atoms with Crippen LogP contribution in [0.15, 0.2) is 65.1 Å². The lowest BCUT2D eigenvalue weighted by atomic mass is 9.84. The molecule has 0 bridgehead atoms. The molecule has 0 spiro atoms. The van der Waals surface area contributed by atoms with E-state index in [-0.39, 0.29) is 43.4 Å². The number of rotatable bonds is 11. The van der Waals surface area contributed by atoms with E-state index in [1.165, 1.54) is 11.3 Å². The highest BCUT2D eigenvalue weighted by Gasteiger charge is 2.37. The van der Waals surface area contributed by atoms with Crippen LogP contribution in [0.2, 0.25) is 0 Å². The van der Waals surface area contributed by atoms with Gasteiger partial charge in [-0.15, -0.1) is 15.3 Å². The third-order valence-electron chi connectivity index (χ3n) is 11.5. The molecule has 2 N–H and O–H groups in total. The smallest absolute Gasteiger partial charge is 0.322 e. The number of amides is 2. The molecule has 2 amide bonds. The number of piperidine rings is 2. The molecule has 3 fully saturated rings. The average Bonchev–Trinajstić information content (AvgIpc) is 3.66. The van der Waals surface area contributed by atoms with Crippen molar-refractivity contribution in [1.29, 1.82) is 0 Å². The maximum absolute atomic E-state index is 14.0. The van der Waals surface area contributed by atoms with Gasteiger partial charge in [0.25, 0.3) is 0 Å². The monoisotopic (exact) mass is 790 g/mol. The van der Waals surface area contributed by atoms with Gasteiger partial charge in [0.15, 0.2) is 23.0 Å². The Morgan fingerprint density at radius 2 is 1.39 bits per heavy atom. The number of hydrogen-bond donors (Lipinski definition) is 2. The van der Waals surface area contributed by atoms with Crippen LogP contribution >= 0.6 is 11.3 Å². The first-order valence-corrected chi connectivity index (χ1v) is 20.5. The summed E-state index contributed by atoms with van der Waals surface area (Å²) in [5, 5.41) is 24.5. The Morgan fingerprint density at radius 3 is 2.11 bits per heavy atom. The maximum atomic E-state index is 14.0. The van der Waals surface area contributed by atoms with E-state index >= 15 is 0 Å². The average molecular weight is 791 g/mol. The Balaban J connectivity index is 0.808. The molecule has 10 rings (SSSR count). The Kier molecular flexibility index (Phi) is 9.67. The molecule has 2 saturated heterocycles. The van der Waals surface area contributed by atoms with Crippen LogP contribution < -0.4 is 29.6 Å². The van der Waals surface area contributed by atoms with E-state index in [4.69, 9.17) is 23.4 Å². The van der Waals surface area contributed by atoms with Gasteiger partial charge in [0.1, 0.15) is 5.01 Å². The van der Waals surface area contributed by atoms with Crippen LogP contribution in [0.4, 0.5) is 11.1 Å². The first kappa shape index (κ1) is 35.8. The van der Waals surface area contributed by atoms with Gasteiger partial charge in [-0.05, 0) is 87.4 Å². The van der Waals surface area contributed by atoms with Crippen molar-refractivity contribution in [3.63, 3.8) is 0 Å². The number of carbonyl (C=O) groups excluding carboxylic acids is 2. The van der Waals surface area contributed by atoms with E-state index in [9.17, 15) is 9.59 Å². The van der Waals surface area contributed by atoms with Crippen LogP contribution in [0.5, 0.6) is 23.0 Å². The van der Waals surface area contributed by atoms with Gasteiger partial charge < -0.3 is 23.4 Å². The molecule has 3 aromatic carbocycles. The van der Waals surface area contributed by atoms with Crippen molar-refractivity contribution in [2.24, 2.45) is 0 Å². The van der Waals surface area contributed by atoms with E-state index in [0.717, 1.165) is 95.3 Å². The Labute approximate surface area is 332 Å². The molecule has 16 heteroatoms. The van der Waals surface area contributed by atoms with Gasteiger partial charge >= 0.3 is 6.01 Å². The largest absolute Gasteiger partial charge is 0.454 e. The third kappa shape index (κ3) is 7.51. The van der Waals surface area contributed by atoms with Crippen molar-refractivity contribution < 1.29 is 33.0 Å². The fourth-order valence-electron chi connectivity index (χ4n) is 8.37. The zero-order valence-electron chi connectivity index (χ0n) is 31.2. The Bertz CT molecular complexity index is 2280. The first-order valence-electron chi connectivity index (χ1n) is 19.6. The zero-order chi connectivity index (χ0) is 38.3. The molecule has 5 aromatic rings. The van der Waals surface area contributed by atoms with Gasteiger partial charge in [-0.25, -0.2) is 0 Å². The minimum atomic E-state index is -0.409. The summed E-state index contributed by atoms with van der Waals surface area (Å²) < 4.78 is 28.7. The van der Waals surface area contributed by atoms with Gasteiger partial charge in [-0.2, -0.15) is 0 Å². The van der Waals surface area contributed by atoms with Crippen LogP contribution in [-0.4, -0.2) is 80.8 Å². The number of nitrogens with one attached hydrogen (secondary N) is 2. The van der Waals surface area contributed by atoms with E-state index in [1.807, 2.05) is 48.5 Å². The summed E-state index contributed by atoms with van der Waals surface area (Å²) in [7, 11) is 0. The highest BCUT2D eigenvalue weighted by molar-refractivity contribution is 7.15. The second-order valence-electron chi connectivity index (χ2n) is 15.2. The van der Waals surface area contributed by atoms with Crippen molar-refractivity contribution in [1.82, 2.24) is 30.2 Å². The van der Waals surface area contributed by atoms with Crippen LogP contribution in [0.1, 0.15) is 78.5 Å². The number of ether oxygens (including phenoxy) is 4. The number of anilines is 2. The normalized spacial score (nSPS) is 21.7. The number of nitrogens with zero attached hydrogens (tertiary/aromatic N) is 6. The van der Waals surface area contributed by atoms with Gasteiger partial charge in [0, 0.05) is 35.7 Å². The van der Waals surface area contributed by atoms with E-state index in [1.54, 1.807) is 0 Å². The fraction of sp³-hybridized carbons (Fsp3) is 0.415. The van der Waals surface area contributed by atoms with E-state index in [0.29, 0.717) is 43.0 Å². The van der Waals surface area contributed by atoms with Crippen LogP contribution in [0.25, 0.3) is 11.5 Å². The fourth-order valence-corrected chi connectivity index (χ4v) is 9.29. The summed E-state index contributed by atoms with van der Waals surface area (Å²) in [6, 6.07) is 19.1. The van der Waals surface area contributed by atoms with Gasteiger partial charge in [0.05, 0.1) is 12.1 Å². The molecule has 1 aliphatic carbocycles. The van der Waals surface area contributed by atoms with Crippen molar-refractivity contribution in [2.75, 3.05) is 37.3 Å². The standard InChI is InChI=1S/C41H42N8O7S/c50-36(30-7-1-2-17-48(30)20-28-5-3-8-32-34(28)54-22-52-32)42-40-46-44-38(56-40)25-12-10-24(11-13-25)27-16-18-49(21-29-6-4-9-33-35(29)55-23-53-33)31(19-27)37(51)43-41-47-45-39(57-41)26-14-15-26/h3-6,8-13,26-27,30-31H,1-2,7,14-23H2,(H,42,46,50)(H,43,47,51)/t27?,30-,31-/m1/s1. The van der Waals surface area contributed by atoms with Crippen molar-refractivity contribution in [2.45, 2.75) is 82.0 Å². The molecule has 0 radical (unpaired) electrons. The lowest BCUT2D eigenvalue weighted by Gasteiger charge is -2.38. The lowest BCUT2D eigenvalue weighted by molar-refractivity contribution is -0.123. The van der Waals surface area contributed by atoms with Crippen molar-refractivity contribution in [3.05, 3.63) is 82.4 Å². The Morgan fingerprint density at radius 1 is 0.684 bits per heavy atom. The molecule has 6 heterocycles. The molecule has 15 nitrogen and oxygen atoms in total. The van der Waals surface area contributed by atoms with Gasteiger partial charge in [0.2, 0.25) is 36.4 Å². The third-order valence-corrected chi connectivity index (χ3v) is 12.5. The van der Waals surface area contributed by atoms with E-state index < -0.39 is 6.04 Å². The van der Waals surface area contributed by atoms with Gasteiger partial charge in [-0.1, -0.05) is 59.3 Å². The number of benzene rings is 3. The molecule has 5 aliphatic rings. The molecule has 294 valence electrons.